The van der Waals surface area contributed by atoms with Gasteiger partial charge in [-0.1, -0.05) is 6.07 Å². The molecule has 0 amide bonds. The molecule has 0 spiro atoms. The molecule has 1 aromatic heterocycles. The Kier molecular flexibility index (Phi) is 4.13. The fourth-order valence-corrected chi connectivity index (χ4v) is 5.46. The maximum atomic E-state index is 12.4. The van der Waals surface area contributed by atoms with E-state index in [9.17, 15) is 8.42 Å². The van der Waals surface area contributed by atoms with Crippen molar-refractivity contribution in [3.05, 3.63) is 30.1 Å². The maximum absolute atomic E-state index is 12.4. The van der Waals surface area contributed by atoms with Gasteiger partial charge in [-0.15, -0.1) is 0 Å². The zero-order valence-corrected chi connectivity index (χ0v) is 14.0. The molecule has 2 saturated heterocycles. The highest BCUT2D eigenvalue weighted by Gasteiger charge is 2.45. The van der Waals surface area contributed by atoms with Crippen LogP contribution in [-0.4, -0.2) is 66.2 Å². The Morgan fingerprint density at radius 2 is 2.13 bits per heavy atom. The quantitative estimate of drug-likeness (QED) is 0.797. The molecule has 3 fully saturated rings. The highest BCUT2D eigenvalue weighted by molar-refractivity contribution is 7.90. The molecule has 3 heterocycles. The molecule has 23 heavy (non-hydrogen) atoms. The zero-order valence-electron chi connectivity index (χ0n) is 13.2. The second kappa shape index (κ2) is 6.12. The third-order valence-corrected chi connectivity index (χ3v) is 7.42. The van der Waals surface area contributed by atoms with Gasteiger partial charge in [0.05, 0.1) is 18.0 Å². The van der Waals surface area contributed by atoms with Crippen molar-refractivity contribution in [2.24, 2.45) is 0 Å². The lowest BCUT2D eigenvalue weighted by Crippen LogP contribution is -2.52. The van der Waals surface area contributed by atoms with Crippen LogP contribution in [0.3, 0.4) is 0 Å². The Bertz CT molecular complexity index is 648. The maximum Gasteiger partial charge on any atom is 0.217 e. The summed E-state index contributed by atoms with van der Waals surface area (Å²) in [5.41, 5.74) is 1.08. The van der Waals surface area contributed by atoms with Crippen LogP contribution in [0.2, 0.25) is 0 Å². The number of sulfonamides is 1. The topological polar surface area (TPSA) is 62.7 Å². The lowest BCUT2D eigenvalue weighted by Gasteiger charge is -2.36. The van der Waals surface area contributed by atoms with Gasteiger partial charge in [0.2, 0.25) is 10.0 Å². The van der Waals surface area contributed by atoms with Crippen molar-refractivity contribution in [3.8, 4) is 0 Å². The van der Waals surface area contributed by atoms with Crippen LogP contribution in [-0.2, 0) is 21.4 Å². The molecule has 7 heteroatoms. The van der Waals surface area contributed by atoms with Gasteiger partial charge >= 0.3 is 0 Å². The Morgan fingerprint density at radius 3 is 2.87 bits per heavy atom. The van der Waals surface area contributed by atoms with Gasteiger partial charge in [0.25, 0.3) is 0 Å². The molecule has 2 aliphatic heterocycles. The van der Waals surface area contributed by atoms with Gasteiger partial charge < -0.3 is 4.74 Å². The molecule has 0 unspecified atom stereocenters. The van der Waals surface area contributed by atoms with Gasteiger partial charge in [-0.05, 0) is 30.9 Å². The SMILES string of the molecule is O=S(=O)(C1CC1)N1CCN2C[C@@H](OCc3cccnc3)C[C@@H]2C1. The fourth-order valence-electron chi connectivity index (χ4n) is 3.59. The van der Waals surface area contributed by atoms with E-state index < -0.39 is 10.0 Å². The average Bonchev–Trinajstić information content (AvgIpc) is 3.34. The Balaban J connectivity index is 1.33. The van der Waals surface area contributed by atoms with E-state index in [0.717, 1.165) is 37.9 Å². The number of nitrogens with zero attached hydrogens (tertiary/aromatic N) is 3. The van der Waals surface area contributed by atoms with Crippen LogP contribution in [0, 0.1) is 0 Å². The lowest BCUT2D eigenvalue weighted by atomic mass is 10.1. The molecule has 1 aliphatic carbocycles. The van der Waals surface area contributed by atoms with E-state index in [4.69, 9.17) is 4.74 Å². The minimum Gasteiger partial charge on any atom is -0.372 e. The summed E-state index contributed by atoms with van der Waals surface area (Å²) >= 11 is 0. The third-order valence-electron chi connectivity index (χ3n) is 5.05. The van der Waals surface area contributed by atoms with E-state index in [1.807, 2.05) is 18.3 Å². The zero-order chi connectivity index (χ0) is 15.9. The molecule has 0 aromatic carbocycles. The molecule has 1 saturated carbocycles. The van der Waals surface area contributed by atoms with E-state index in [1.54, 1.807) is 10.5 Å². The molecule has 0 bridgehead atoms. The molecule has 2 atom stereocenters. The number of ether oxygens (including phenoxy) is 1. The molecule has 3 aliphatic rings. The molecule has 0 N–H and O–H groups in total. The van der Waals surface area contributed by atoms with Gasteiger partial charge in [0.15, 0.2) is 0 Å². The Morgan fingerprint density at radius 1 is 1.26 bits per heavy atom. The monoisotopic (exact) mass is 337 g/mol. The summed E-state index contributed by atoms with van der Waals surface area (Å²) in [6, 6.07) is 4.23. The predicted octanol–water partition coefficient (Wildman–Crippen LogP) is 0.849. The number of rotatable bonds is 5. The van der Waals surface area contributed by atoms with Gasteiger partial charge in [-0.25, -0.2) is 8.42 Å². The summed E-state index contributed by atoms with van der Waals surface area (Å²) in [6.45, 7) is 3.56. The van der Waals surface area contributed by atoms with E-state index >= 15 is 0 Å². The van der Waals surface area contributed by atoms with E-state index in [-0.39, 0.29) is 11.4 Å². The minimum atomic E-state index is -3.04. The van der Waals surface area contributed by atoms with Crippen LogP contribution in [0.5, 0.6) is 0 Å². The standard InChI is InChI=1S/C16H23N3O3S/c20-23(21,16-3-4-16)19-7-6-18-11-15(8-14(18)10-19)22-12-13-2-1-5-17-9-13/h1-2,5,9,14-16H,3-4,6-8,10-12H2/t14-,15+/m1/s1. The van der Waals surface area contributed by atoms with E-state index in [2.05, 4.69) is 9.88 Å². The fraction of sp³-hybridized carbons (Fsp3) is 0.688. The van der Waals surface area contributed by atoms with Crippen LogP contribution < -0.4 is 0 Å². The number of hydrogen-bond donors (Lipinski definition) is 0. The molecular formula is C16H23N3O3S. The smallest absolute Gasteiger partial charge is 0.217 e. The van der Waals surface area contributed by atoms with Crippen molar-refractivity contribution < 1.29 is 13.2 Å². The number of hydrogen-bond acceptors (Lipinski definition) is 5. The average molecular weight is 337 g/mol. The van der Waals surface area contributed by atoms with Crippen LogP contribution in [0.1, 0.15) is 24.8 Å². The highest BCUT2D eigenvalue weighted by Crippen LogP contribution is 2.33. The van der Waals surface area contributed by atoms with Crippen molar-refractivity contribution in [1.82, 2.24) is 14.2 Å². The second-order valence-corrected chi connectivity index (χ2v) is 8.99. The minimum absolute atomic E-state index is 0.104. The van der Waals surface area contributed by atoms with E-state index in [0.29, 0.717) is 25.7 Å². The number of piperazine rings is 1. The number of aromatic nitrogens is 1. The van der Waals surface area contributed by atoms with Crippen molar-refractivity contribution in [2.45, 2.75) is 43.3 Å². The molecule has 126 valence electrons. The van der Waals surface area contributed by atoms with Gasteiger partial charge in [0.1, 0.15) is 0 Å². The number of pyridine rings is 1. The first-order valence-electron chi connectivity index (χ1n) is 8.36. The molecule has 1 aromatic rings. The van der Waals surface area contributed by atoms with Crippen LogP contribution in [0.15, 0.2) is 24.5 Å². The summed E-state index contributed by atoms with van der Waals surface area (Å²) in [4.78, 5) is 6.48. The molecular weight excluding hydrogens is 314 g/mol. The predicted molar refractivity (Wildman–Crippen MR) is 86.3 cm³/mol. The molecule has 4 rings (SSSR count). The van der Waals surface area contributed by atoms with Gasteiger partial charge in [-0.2, -0.15) is 4.31 Å². The van der Waals surface area contributed by atoms with Crippen molar-refractivity contribution in [2.75, 3.05) is 26.2 Å². The first kappa shape index (κ1) is 15.5. The number of fused-ring (bicyclic) bond motifs is 1. The summed E-state index contributed by atoms with van der Waals surface area (Å²) in [5, 5.41) is -0.104. The second-order valence-electron chi connectivity index (χ2n) is 6.78. The summed E-state index contributed by atoms with van der Waals surface area (Å²) in [7, 11) is -3.04. The van der Waals surface area contributed by atoms with Crippen LogP contribution in [0.4, 0.5) is 0 Å². The largest absolute Gasteiger partial charge is 0.372 e. The lowest BCUT2D eigenvalue weighted by molar-refractivity contribution is 0.0465. The van der Waals surface area contributed by atoms with E-state index in [1.165, 1.54) is 0 Å². The molecule has 6 nitrogen and oxygen atoms in total. The normalized spacial score (nSPS) is 29.6. The highest BCUT2D eigenvalue weighted by atomic mass is 32.2. The van der Waals surface area contributed by atoms with Crippen molar-refractivity contribution in [1.29, 1.82) is 0 Å². The Labute approximate surface area is 137 Å². The first-order valence-corrected chi connectivity index (χ1v) is 9.87. The van der Waals surface area contributed by atoms with Gasteiger partial charge in [0, 0.05) is 44.6 Å². The summed E-state index contributed by atoms with van der Waals surface area (Å²) < 4.78 is 32.5. The van der Waals surface area contributed by atoms with Gasteiger partial charge in [-0.3, -0.25) is 9.88 Å². The van der Waals surface area contributed by atoms with Crippen LogP contribution >= 0.6 is 0 Å². The summed E-state index contributed by atoms with van der Waals surface area (Å²) in [5.74, 6) is 0. The van der Waals surface area contributed by atoms with Crippen molar-refractivity contribution >= 4 is 10.0 Å². The van der Waals surface area contributed by atoms with Crippen LogP contribution in [0.25, 0.3) is 0 Å². The summed E-state index contributed by atoms with van der Waals surface area (Å²) in [6.07, 6.45) is 6.36. The van der Waals surface area contributed by atoms with Crippen molar-refractivity contribution in [3.63, 3.8) is 0 Å². The first-order chi connectivity index (χ1) is 11.1. The third kappa shape index (κ3) is 3.28. The molecule has 0 radical (unpaired) electrons. The Hall–Kier alpha value is -1.02.